The van der Waals surface area contributed by atoms with E-state index in [-0.39, 0.29) is 11.6 Å². The van der Waals surface area contributed by atoms with Gasteiger partial charge in [-0.05, 0) is 76.8 Å². The Bertz CT molecular complexity index is 1210. The van der Waals surface area contributed by atoms with E-state index in [0.717, 1.165) is 11.1 Å². The summed E-state index contributed by atoms with van der Waals surface area (Å²) in [6.07, 6.45) is 1.53. The van der Waals surface area contributed by atoms with E-state index < -0.39 is 5.91 Å². The third-order valence-corrected chi connectivity index (χ3v) is 5.79. The van der Waals surface area contributed by atoms with Gasteiger partial charge in [0.05, 0.1) is 17.1 Å². The summed E-state index contributed by atoms with van der Waals surface area (Å²) in [7, 11) is 0. The predicted octanol–water partition coefficient (Wildman–Crippen LogP) is 6.86. The van der Waals surface area contributed by atoms with E-state index in [1.807, 2.05) is 62.4 Å². The van der Waals surface area contributed by atoms with Gasteiger partial charge in [0.15, 0.2) is 11.5 Å². The van der Waals surface area contributed by atoms with Crippen LogP contribution in [0.2, 0.25) is 5.02 Å². The van der Waals surface area contributed by atoms with Crippen molar-refractivity contribution in [3.63, 3.8) is 0 Å². The maximum Gasteiger partial charge on any atom is 0.262 e. The zero-order valence-corrected chi connectivity index (χ0v) is 21.2. The molecule has 3 rings (SSSR count). The zero-order valence-electron chi connectivity index (χ0n) is 18.8. The SMILES string of the molecule is CCOc1cc(/C=C(/C#N)C(=O)N[C@@H](C)c2ccccc2)cc(Br)c1OCc1ccc(Cl)cc1. The average molecular weight is 540 g/mol. The molecule has 3 aromatic rings. The second-order valence-corrected chi connectivity index (χ2v) is 8.74. The van der Waals surface area contributed by atoms with Crippen LogP contribution >= 0.6 is 27.5 Å². The Morgan fingerprint density at radius 1 is 1.15 bits per heavy atom. The van der Waals surface area contributed by atoms with E-state index >= 15 is 0 Å². The average Bonchev–Trinajstić information content (AvgIpc) is 2.83. The van der Waals surface area contributed by atoms with Gasteiger partial charge in [-0.2, -0.15) is 5.26 Å². The minimum absolute atomic E-state index is 0.00744. The maximum atomic E-state index is 12.7. The number of nitrogens with zero attached hydrogens (tertiary/aromatic N) is 1. The molecule has 0 spiro atoms. The standard InChI is InChI=1S/C27H24BrClN2O3/c1-3-33-25-15-20(14-24(28)26(25)34-17-19-9-11-23(29)12-10-19)13-22(16-30)27(32)31-18(2)21-7-5-4-6-8-21/h4-15,18H,3,17H2,1-2H3,(H,31,32)/b22-13-/t18-/m0/s1. The summed E-state index contributed by atoms with van der Waals surface area (Å²) in [5, 5.41) is 13.1. The molecule has 0 saturated heterocycles. The number of nitriles is 1. The van der Waals surface area contributed by atoms with Gasteiger partial charge >= 0.3 is 0 Å². The molecule has 0 aliphatic heterocycles. The third-order valence-electron chi connectivity index (χ3n) is 4.95. The molecule has 7 heteroatoms. The normalized spacial score (nSPS) is 11.9. The van der Waals surface area contributed by atoms with Crippen LogP contribution in [0, 0.1) is 11.3 Å². The number of amides is 1. The first-order chi connectivity index (χ1) is 16.4. The van der Waals surface area contributed by atoms with Crippen LogP contribution in [0.5, 0.6) is 11.5 Å². The lowest BCUT2D eigenvalue weighted by Gasteiger charge is -2.15. The summed E-state index contributed by atoms with van der Waals surface area (Å²) < 4.78 is 12.4. The van der Waals surface area contributed by atoms with E-state index in [1.165, 1.54) is 6.08 Å². The van der Waals surface area contributed by atoms with Gasteiger partial charge in [-0.1, -0.05) is 54.1 Å². The number of carbonyl (C=O) groups is 1. The Balaban J connectivity index is 1.81. The van der Waals surface area contributed by atoms with Gasteiger partial charge in [-0.3, -0.25) is 4.79 Å². The first-order valence-corrected chi connectivity index (χ1v) is 11.9. The van der Waals surface area contributed by atoms with E-state index in [0.29, 0.717) is 39.8 Å². The van der Waals surface area contributed by atoms with Crippen molar-refractivity contribution in [2.24, 2.45) is 0 Å². The predicted molar refractivity (Wildman–Crippen MR) is 138 cm³/mol. The molecule has 0 radical (unpaired) electrons. The number of hydrogen-bond donors (Lipinski definition) is 1. The number of rotatable bonds is 9. The molecule has 0 saturated carbocycles. The first kappa shape index (κ1) is 25.4. The lowest BCUT2D eigenvalue weighted by molar-refractivity contribution is -0.117. The van der Waals surface area contributed by atoms with Crippen LogP contribution in [0.1, 0.15) is 36.6 Å². The maximum absolute atomic E-state index is 12.7. The van der Waals surface area contributed by atoms with Crippen molar-refractivity contribution in [1.82, 2.24) is 5.32 Å². The number of nitrogens with one attached hydrogen (secondary N) is 1. The minimum atomic E-state index is -0.448. The summed E-state index contributed by atoms with van der Waals surface area (Å²) in [4.78, 5) is 12.7. The van der Waals surface area contributed by atoms with Gasteiger partial charge in [0, 0.05) is 5.02 Å². The Labute approximate surface area is 213 Å². The van der Waals surface area contributed by atoms with Crippen molar-refractivity contribution in [3.05, 3.63) is 98.5 Å². The van der Waals surface area contributed by atoms with Crippen LogP contribution in [-0.2, 0) is 11.4 Å². The molecule has 34 heavy (non-hydrogen) atoms. The summed E-state index contributed by atoms with van der Waals surface area (Å²) in [6, 6.07) is 22.3. The van der Waals surface area contributed by atoms with Gasteiger partial charge in [-0.15, -0.1) is 0 Å². The molecule has 0 unspecified atom stereocenters. The topological polar surface area (TPSA) is 71.3 Å². The molecule has 0 aromatic heterocycles. The van der Waals surface area contributed by atoms with Crippen molar-refractivity contribution >= 4 is 39.5 Å². The molecule has 0 aliphatic rings. The third kappa shape index (κ3) is 6.86. The van der Waals surface area contributed by atoms with Crippen LogP contribution in [0.15, 0.2) is 76.8 Å². The highest BCUT2D eigenvalue weighted by Gasteiger charge is 2.16. The van der Waals surface area contributed by atoms with Gasteiger partial charge in [0.2, 0.25) is 0 Å². The van der Waals surface area contributed by atoms with Crippen LogP contribution < -0.4 is 14.8 Å². The number of benzene rings is 3. The lowest BCUT2D eigenvalue weighted by Crippen LogP contribution is -2.27. The number of halogens is 2. The van der Waals surface area contributed by atoms with E-state index in [2.05, 4.69) is 21.2 Å². The van der Waals surface area contributed by atoms with Gasteiger partial charge in [0.25, 0.3) is 5.91 Å². The molecular weight excluding hydrogens is 516 g/mol. The molecule has 5 nitrogen and oxygen atoms in total. The molecule has 1 N–H and O–H groups in total. The Morgan fingerprint density at radius 3 is 2.50 bits per heavy atom. The van der Waals surface area contributed by atoms with Gasteiger partial charge in [-0.25, -0.2) is 0 Å². The van der Waals surface area contributed by atoms with Crippen molar-refractivity contribution in [2.45, 2.75) is 26.5 Å². The zero-order chi connectivity index (χ0) is 24.5. The summed E-state index contributed by atoms with van der Waals surface area (Å²) in [5.74, 6) is 0.595. The molecular formula is C27H24BrClN2O3. The van der Waals surface area contributed by atoms with E-state index in [4.69, 9.17) is 21.1 Å². The van der Waals surface area contributed by atoms with E-state index in [9.17, 15) is 10.1 Å². The first-order valence-electron chi connectivity index (χ1n) is 10.7. The van der Waals surface area contributed by atoms with Crippen LogP contribution in [0.3, 0.4) is 0 Å². The molecule has 0 heterocycles. The van der Waals surface area contributed by atoms with Crippen LogP contribution in [0.4, 0.5) is 0 Å². The Hall–Kier alpha value is -3.27. The van der Waals surface area contributed by atoms with Crippen LogP contribution in [-0.4, -0.2) is 12.5 Å². The lowest BCUT2D eigenvalue weighted by atomic mass is 10.1. The highest BCUT2D eigenvalue weighted by atomic mass is 79.9. The fraction of sp³-hybridized carbons (Fsp3) is 0.185. The summed E-state index contributed by atoms with van der Waals surface area (Å²) in [5.41, 5.74) is 2.54. The fourth-order valence-electron chi connectivity index (χ4n) is 3.23. The highest BCUT2D eigenvalue weighted by Crippen LogP contribution is 2.38. The molecule has 0 aliphatic carbocycles. The van der Waals surface area contributed by atoms with Crippen molar-refractivity contribution in [3.8, 4) is 17.6 Å². The fourth-order valence-corrected chi connectivity index (χ4v) is 3.93. The summed E-state index contributed by atoms with van der Waals surface area (Å²) in [6.45, 7) is 4.50. The second-order valence-electron chi connectivity index (χ2n) is 7.45. The van der Waals surface area contributed by atoms with Crippen molar-refractivity contribution < 1.29 is 14.3 Å². The second kappa shape index (κ2) is 12.3. The molecule has 1 amide bonds. The van der Waals surface area contributed by atoms with Crippen LogP contribution in [0.25, 0.3) is 6.08 Å². The molecule has 3 aromatic carbocycles. The summed E-state index contributed by atoms with van der Waals surface area (Å²) >= 11 is 9.48. The number of ether oxygens (including phenoxy) is 2. The molecule has 174 valence electrons. The van der Waals surface area contributed by atoms with Gasteiger partial charge < -0.3 is 14.8 Å². The smallest absolute Gasteiger partial charge is 0.262 e. The Kier molecular flexibility index (Phi) is 9.15. The molecule has 0 bridgehead atoms. The largest absolute Gasteiger partial charge is 0.490 e. The Morgan fingerprint density at radius 2 is 1.85 bits per heavy atom. The monoisotopic (exact) mass is 538 g/mol. The van der Waals surface area contributed by atoms with Crippen molar-refractivity contribution in [2.75, 3.05) is 6.61 Å². The molecule has 1 atom stereocenters. The quantitative estimate of drug-likeness (QED) is 0.238. The highest BCUT2D eigenvalue weighted by molar-refractivity contribution is 9.10. The van der Waals surface area contributed by atoms with Gasteiger partial charge in [0.1, 0.15) is 18.2 Å². The number of hydrogen-bond acceptors (Lipinski definition) is 4. The minimum Gasteiger partial charge on any atom is -0.490 e. The number of carbonyl (C=O) groups excluding carboxylic acids is 1. The van der Waals surface area contributed by atoms with E-state index in [1.54, 1.807) is 24.3 Å². The van der Waals surface area contributed by atoms with Crippen molar-refractivity contribution in [1.29, 1.82) is 5.26 Å². The molecule has 0 fully saturated rings.